The lowest BCUT2D eigenvalue weighted by Gasteiger charge is -2.31. The van der Waals surface area contributed by atoms with Crippen molar-refractivity contribution >= 4 is 29.2 Å². The molecule has 11 nitrogen and oxygen atoms in total. The molecule has 1 rings (SSSR count). The Balaban J connectivity index is 3.54. The summed E-state index contributed by atoms with van der Waals surface area (Å²) in [6.07, 6.45) is -0.615. The van der Waals surface area contributed by atoms with E-state index in [2.05, 4.69) is 0 Å². The lowest BCUT2D eigenvalue weighted by Crippen LogP contribution is -2.48. The average Bonchev–Trinajstić information content (AvgIpc) is 2.74. The van der Waals surface area contributed by atoms with Gasteiger partial charge in [-0.25, -0.2) is 0 Å². The SMILES string of the molecule is COCCOC(=O)[C@@H](C[C@](C(C)=O)(C(=O)OCCOC)c1cccc([N+](=O)[O-])c1)C(C)=O. The molecule has 0 saturated carbocycles. The van der Waals surface area contributed by atoms with Gasteiger partial charge < -0.3 is 18.9 Å². The van der Waals surface area contributed by atoms with Gasteiger partial charge >= 0.3 is 11.9 Å². The number of ketones is 2. The van der Waals surface area contributed by atoms with Crippen LogP contribution < -0.4 is 0 Å². The number of benzene rings is 1. The van der Waals surface area contributed by atoms with Gasteiger partial charge in [0.1, 0.15) is 24.9 Å². The highest BCUT2D eigenvalue weighted by Crippen LogP contribution is 2.36. The molecule has 0 aromatic heterocycles. The molecule has 0 radical (unpaired) electrons. The Labute approximate surface area is 185 Å². The van der Waals surface area contributed by atoms with Crippen LogP contribution in [-0.2, 0) is 43.5 Å². The summed E-state index contributed by atoms with van der Waals surface area (Å²) in [7, 11) is 2.78. The van der Waals surface area contributed by atoms with Gasteiger partial charge in [-0.05, 0) is 25.8 Å². The van der Waals surface area contributed by atoms with Crippen molar-refractivity contribution < 1.29 is 43.0 Å². The number of carbonyl (C=O) groups is 4. The molecule has 0 aliphatic rings. The molecule has 0 saturated heterocycles. The minimum Gasteiger partial charge on any atom is -0.463 e. The molecule has 0 bridgehead atoms. The maximum atomic E-state index is 13.2. The van der Waals surface area contributed by atoms with E-state index in [0.29, 0.717) is 0 Å². The van der Waals surface area contributed by atoms with E-state index in [0.717, 1.165) is 19.9 Å². The fraction of sp³-hybridized carbons (Fsp3) is 0.524. The molecule has 0 unspecified atom stereocenters. The van der Waals surface area contributed by atoms with Crippen molar-refractivity contribution in [1.29, 1.82) is 0 Å². The molecule has 176 valence electrons. The fourth-order valence-corrected chi connectivity index (χ4v) is 3.06. The zero-order valence-electron chi connectivity index (χ0n) is 18.5. The number of nitro benzene ring substituents is 1. The Morgan fingerprint density at radius 1 is 1.00 bits per heavy atom. The number of esters is 2. The van der Waals surface area contributed by atoms with Gasteiger partial charge in [0, 0.05) is 26.4 Å². The topological polar surface area (TPSA) is 148 Å². The van der Waals surface area contributed by atoms with Crippen LogP contribution in [-0.4, -0.2) is 69.1 Å². The van der Waals surface area contributed by atoms with Crippen LogP contribution in [0.4, 0.5) is 5.69 Å². The molecule has 0 N–H and O–H groups in total. The first-order chi connectivity index (χ1) is 15.1. The number of Topliss-reactive ketones (excluding diaryl/α,β-unsaturated/α-hetero) is 2. The summed E-state index contributed by atoms with van der Waals surface area (Å²) in [4.78, 5) is 61.4. The van der Waals surface area contributed by atoms with Gasteiger partial charge in [0.2, 0.25) is 0 Å². The summed E-state index contributed by atoms with van der Waals surface area (Å²) in [5, 5.41) is 11.3. The van der Waals surface area contributed by atoms with Crippen LogP contribution >= 0.6 is 0 Å². The van der Waals surface area contributed by atoms with E-state index in [-0.39, 0.29) is 37.7 Å². The van der Waals surface area contributed by atoms with E-state index in [1.165, 1.54) is 32.4 Å². The number of hydrogen-bond acceptors (Lipinski definition) is 10. The first-order valence-electron chi connectivity index (χ1n) is 9.70. The third-order valence-corrected chi connectivity index (χ3v) is 4.84. The minimum atomic E-state index is -2.16. The Hall–Kier alpha value is -3.18. The number of nitrogens with zero attached hydrogens (tertiary/aromatic N) is 1. The van der Waals surface area contributed by atoms with Crippen LogP contribution in [0, 0.1) is 16.0 Å². The van der Waals surface area contributed by atoms with Gasteiger partial charge in [-0.3, -0.25) is 29.3 Å². The van der Waals surface area contributed by atoms with Crippen LogP contribution in [0.3, 0.4) is 0 Å². The summed E-state index contributed by atoms with van der Waals surface area (Å²) < 4.78 is 19.9. The Kier molecular flexibility index (Phi) is 10.6. The number of hydrogen-bond donors (Lipinski definition) is 0. The van der Waals surface area contributed by atoms with Crippen LogP contribution in [0.15, 0.2) is 24.3 Å². The zero-order valence-corrected chi connectivity index (χ0v) is 18.5. The van der Waals surface area contributed by atoms with E-state index >= 15 is 0 Å². The second-order valence-electron chi connectivity index (χ2n) is 6.93. The quantitative estimate of drug-likeness (QED) is 0.133. The van der Waals surface area contributed by atoms with Crippen molar-refractivity contribution in [2.45, 2.75) is 25.7 Å². The van der Waals surface area contributed by atoms with Gasteiger partial charge in [-0.1, -0.05) is 12.1 Å². The highest BCUT2D eigenvalue weighted by Gasteiger charge is 2.51. The predicted molar refractivity (Wildman–Crippen MR) is 110 cm³/mol. The van der Waals surface area contributed by atoms with E-state index in [1.807, 2.05) is 0 Å². The highest BCUT2D eigenvalue weighted by molar-refractivity contribution is 6.10. The van der Waals surface area contributed by atoms with Gasteiger partial charge in [0.15, 0.2) is 11.2 Å². The van der Waals surface area contributed by atoms with Crippen LogP contribution in [0.2, 0.25) is 0 Å². The number of nitro groups is 1. The van der Waals surface area contributed by atoms with Gasteiger partial charge in [-0.15, -0.1) is 0 Å². The van der Waals surface area contributed by atoms with E-state index in [1.54, 1.807) is 0 Å². The molecule has 0 heterocycles. The summed E-state index contributed by atoms with van der Waals surface area (Å²) in [5.74, 6) is -4.90. The van der Waals surface area contributed by atoms with Crippen molar-refractivity contribution in [3.63, 3.8) is 0 Å². The molecule has 11 heteroatoms. The molecule has 1 aromatic carbocycles. The number of rotatable bonds is 14. The Morgan fingerprint density at radius 2 is 1.59 bits per heavy atom. The van der Waals surface area contributed by atoms with Crippen LogP contribution in [0.25, 0.3) is 0 Å². The van der Waals surface area contributed by atoms with E-state index < -0.39 is 46.2 Å². The van der Waals surface area contributed by atoms with Crippen LogP contribution in [0.5, 0.6) is 0 Å². The highest BCUT2D eigenvalue weighted by atomic mass is 16.6. The van der Waals surface area contributed by atoms with Crippen molar-refractivity contribution in [2.24, 2.45) is 5.92 Å². The monoisotopic (exact) mass is 453 g/mol. The summed E-state index contributed by atoms with van der Waals surface area (Å²) in [5.41, 5.74) is -2.60. The van der Waals surface area contributed by atoms with Crippen molar-refractivity contribution in [3.8, 4) is 0 Å². The number of ether oxygens (including phenoxy) is 4. The molecular weight excluding hydrogens is 426 g/mol. The largest absolute Gasteiger partial charge is 0.463 e. The van der Waals surface area contributed by atoms with Crippen LogP contribution in [0.1, 0.15) is 25.8 Å². The van der Waals surface area contributed by atoms with Gasteiger partial charge in [0.25, 0.3) is 5.69 Å². The van der Waals surface area contributed by atoms with Crippen molar-refractivity contribution in [3.05, 3.63) is 39.9 Å². The normalized spacial score (nSPS) is 13.5. The molecule has 0 aliphatic heterocycles. The summed E-state index contributed by atoms with van der Waals surface area (Å²) in [6, 6.07) is 4.87. The smallest absolute Gasteiger partial charge is 0.324 e. The van der Waals surface area contributed by atoms with Gasteiger partial charge in [-0.2, -0.15) is 0 Å². The van der Waals surface area contributed by atoms with E-state index in [9.17, 15) is 29.3 Å². The lowest BCUT2D eigenvalue weighted by molar-refractivity contribution is -0.384. The Bertz CT molecular complexity index is 853. The second kappa shape index (κ2) is 12.6. The first kappa shape index (κ1) is 26.9. The van der Waals surface area contributed by atoms with E-state index in [4.69, 9.17) is 18.9 Å². The number of carbonyl (C=O) groups excluding carboxylic acids is 4. The predicted octanol–water partition coefficient (Wildman–Crippen LogP) is 1.40. The standard InChI is InChI=1S/C21H27NO10/c1-14(23)18(19(25)31-10-8-29-3)13-21(15(2)24,20(26)32-11-9-30-4)16-6-5-7-17(12-16)22(27)28/h5-7,12,18H,8-11,13H2,1-4H3/t18-,21+/m0/s1. The van der Waals surface area contributed by atoms with Gasteiger partial charge in [0.05, 0.1) is 18.1 Å². The summed E-state index contributed by atoms with van der Waals surface area (Å²) >= 11 is 0. The molecule has 32 heavy (non-hydrogen) atoms. The molecular formula is C21H27NO10. The number of methoxy groups -OCH3 is 2. The average molecular weight is 453 g/mol. The third kappa shape index (κ3) is 6.66. The fourth-order valence-electron chi connectivity index (χ4n) is 3.06. The molecule has 0 aliphatic carbocycles. The third-order valence-electron chi connectivity index (χ3n) is 4.84. The summed E-state index contributed by atoms with van der Waals surface area (Å²) in [6.45, 7) is 1.98. The second-order valence-corrected chi connectivity index (χ2v) is 6.93. The lowest BCUT2D eigenvalue weighted by atomic mass is 9.70. The molecule has 0 spiro atoms. The van der Waals surface area contributed by atoms with Crippen molar-refractivity contribution in [2.75, 3.05) is 40.6 Å². The minimum absolute atomic E-state index is 0.0316. The molecule has 2 atom stereocenters. The molecule has 0 amide bonds. The Morgan fingerprint density at radius 3 is 2.09 bits per heavy atom. The zero-order chi connectivity index (χ0) is 24.3. The van der Waals surface area contributed by atoms with Crippen molar-refractivity contribution in [1.82, 2.24) is 0 Å². The molecule has 1 aromatic rings. The number of non-ortho nitro benzene ring substituents is 1. The molecule has 0 fully saturated rings. The maximum absolute atomic E-state index is 13.2. The first-order valence-corrected chi connectivity index (χ1v) is 9.70. The maximum Gasteiger partial charge on any atom is 0.324 e.